The fourth-order valence-corrected chi connectivity index (χ4v) is 2.67. The molecule has 1 aliphatic rings. The van der Waals surface area contributed by atoms with Crippen molar-refractivity contribution < 1.29 is 5.11 Å². The Hall–Kier alpha value is -0.860. The summed E-state index contributed by atoms with van der Waals surface area (Å²) in [5, 5.41) is 13.7. The summed E-state index contributed by atoms with van der Waals surface area (Å²) < 4.78 is 0. The number of rotatable bonds is 7. The Balaban J connectivity index is 1.78. The summed E-state index contributed by atoms with van der Waals surface area (Å²) in [6.45, 7) is 7.29. The fraction of sp³-hybridized carbons (Fsp3) is 0.647. The number of aliphatic hydroxyl groups excluding tert-OH is 1. The molecule has 0 saturated heterocycles. The van der Waals surface area contributed by atoms with Crippen molar-refractivity contribution in [3.8, 4) is 0 Å². The minimum absolute atomic E-state index is 0.385. The van der Waals surface area contributed by atoms with Gasteiger partial charge in [0.05, 0.1) is 6.10 Å². The average Bonchev–Trinajstić information content (AvgIpc) is 3.15. The van der Waals surface area contributed by atoms with E-state index in [2.05, 4.69) is 50.4 Å². The fourth-order valence-electron chi connectivity index (χ4n) is 2.67. The smallest absolute Gasteiger partial charge is 0.0914 e. The van der Waals surface area contributed by atoms with Crippen LogP contribution in [0.2, 0.25) is 0 Å². The van der Waals surface area contributed by atoms with Crippen LogP contribution < -0.4 is 5.32 Å². The van der Waals surface area contributed by atoms with Gasteiger partial charge in [-0.15, -0.1) is 0 Å². The van der Waals surface area contributed by atoms with Gasteiger partial charge in [0.2, 0.25) is 0 Å². The van der Waals surface area contributed by atoms with E-state index in [1.165, 1.54) is 24.8 Å². The van der Waals surface area contributed by atoms with Crippen LogP contribution in [0.5, 0.6) is 0 Å². The van der Waals surface area contributed by atoms with Crippen molar-refractivity contribution in [3.63, 3.8) is 0 Å². The quantitative estimate of drug-likeness (QED) is 0.785. The summed E-state index contributed by atoms with van der Waals surface area (Å²) in [7, 11) is 0. The second-order valence-electron chi connectivity index (χ2n) is 6.14. The number of hydrogen-bond donors (Lipinski definition) is 2. The maximum absolute atomic E-state index is 10.2. The van der Waals surface area contributed by atoms with Crippen molar-refractivity contribution in [3.05, 3.63) is 35.4 Å². The molecule has 0 heterocycles. The molecule has 1 aromatic rings. The monoisotopic (exact) mass is 261 g/mol. The highest BCUT2D eigenvalue weighted by atomic mass is 16.3. The van der Waals surface area contributed by atoms with E-state index in [1.54, 1.807) is 0 Å². The number of nitrogens with one attached hydrogen (secondary N) is 1. The van der Waals surface area contributed by atoms with E-state index in [0.717, 1.165) is 11.5 Å². The van der Waals surface area contributed by atoms with Crippen LogP contribution in [0.4, 0.5) is 0 Å². The first-order valence-corrected chi connectivity index (χ1v) is 7.63. The Bertz CT molecular complexity index is 385. The topological polar surface area (TPSA) is 32.3 Å². The molecule has 2 rings (SSSR count). The SMILES string of the molecule is CCCC1CC1NCC(O)c1ccc(C(C)C)cc1. The lowest BCUT2D eigenvalue weighted by molar-refractivity contribution is 0.173. The summed E-state index contributed by atoms with van der Waals surface area (Å²) in [5.41, 5.74) is 2.35. The first-order chi connectivity index (χ1) is 9.11. The molecule has 1 aliphatic carbocycles. The van der Waals surface area contributed by atoms with Crippen molar-refractivity contribution in [1.82, 2.24) is 5.32 Å². The molecule has 0 bridgehead atoms. The molecule has 106 valence electrons. The standard InChI is InChI=1S/C17H27NO/c1-4-5-15-10-16(15)18-11-17(19)14-8-6-13(7-9-14)12(2)3/h6-9,12,15-19H,4-5,10-11H2,1-3H3. The van der Waals surface area contributed by atoms with Gasteiger partial charge in [-0.05, 0) is 35.8 Å². The third-order valence-electron chi connectivity index (χ3n) is 4.14. The van der Waals surface area contributed by atoms with E-state index in [4.69, 9.17) is 0 Å². The third kappa shape index (κ3) is 4.05. The van der Waals surface area contributed by atoms with E-state index >= 15 is 0 Å². The Morgan fingerprint density at radius 3 is 2.42 bits per heavy atom. The third-order valence-corrected chi connectivity index (χ3v) is 4.14. The van der Waals surface area contributed by atoms with Crippen molar-refractivity contribution in [2.75, 3.05) is 6.54 Å². The Morgan fingerprint density at radius 2 is 1.84 bits per heavy atom. The second-order valence-corrected chi connectivity index (χ2v) is 6.14. The number of hydrogen-bond acceptors (Lipinski definition) is 2. The molecule has 0 aromatic heterocycles. The van der Waals surface area contributed by atoms with Crippen molar-refractivity contribution >= 4 is 0 Å². The van der Waals surface area contributed by atoms with Gasteiger partial charge >= 0.3 is 0 Å². The van der Waals surface area contributed by atoms with Crippen LogP contribution >= 0.6 is 0 Å². The summed E-state index contributed by atoms with van der Waals surface area (Å²) in [6.07, 6.45) is 3.48. The molecule has 0 amide bonds. The van der Waals surface area contributed by atoms with Gasteiger partial charge in [0.1, 0.15) is 0 Å². The van der Waals surface area contributed by atoms with Crippen LogP contribution in [0.1, 0.15) is 63.2 Å². The predicted molar refractivity (Wildman–Crippen MR) is 80.3 cm³/mol. The zero-order valence-electron chi connectivity index (χ0n) is 12.4. The maximum atomic E-state index is 10.2. The highest BCUT2D eigenvalue weighted by Gasteiger charge is 2.35. The largest absolute Gasteiger partial charge is 0.387 e. The second kappa shape index (κ2) is 6.53. The molecule has 0 spiro atoms. The Morgan fingerprint density at radius 1 is 1.21 bits per heavy atom. The van der Waals surface area contributed by atoms with Gasteiger partial charge in [-0.3, -0.25) is 0 Å². The number of benzene rings is 1. The molecule has 2 N–H and O–H groups in total. The van der Waals surface area contributed by atoms with Gasteiger partial charge in [-0.1, -0.05) is 51.5 Å². The lowest BCUT2D eigenvalue weighted by Crippen LogP contribution is -2.24. The zero-order chi connectivity index (χ0) is 13.8. The number of aliphatic hydroxyl groups is 1. The van der Waals surface area contributed by atoms with E-state index < -0.39 is 0 Å². The summed E-state index contributed by atoms with van der Waals surface area (Å²) in [5.74, 6) is 1.39. The van der Waals surface area contributed by atoms with Crippen LogP contribution in [-0.2, 0) is 0 Å². The van der Waals surface area contributed by atoms with Gasteiger partial charge in [0.25, 0.3) is 0 Å². The molecule has 19 heavy (non-hydrogen) atoms. The van der Waals surface area contributed by atoms with Crippen LogP contribution in [0.3, 0.4) is 0 Å². The molecule has 2 nitrogen and oxygen atoms in total. The van der Waals surface area contributed by atoms with E-state index in [0.29, 0.717) is 18.5 Å². The molecular weight excluding hydrogens is 234 g/mol. The molecule has 2 heteroatoms. The normalized spacial score (nSPS) is 23.6. The minimum atomic E-state index is -0.385. The molecule has 1 aromatic carbocycles. The van der Waals surface area contributed by atoms with E-state index in [1.807, 2.05) is 0 Å². The van der Waals surface area contributed by atoms with Crippen LogP contribution in [0, 0.1) is 5.92 Å². The maximum Gasteiger partial charge on any atom is 0.0914 e. The zero-order valence-corrected chi connectivity index (χ0v) is 12.4. The van der Waals surface area contributed by atoms with Gasteiger partial charge in [-0.25, -0.2) is 0 Å². The lowest BCUT2D eigenvalue weighted by Gasteiger charge is -2.13. The molecule has 3 atom stereocenters. The first-order valence-electron chi connectivity index (χ1n) is 7.63. The molecule has 3 unspecified atom stereocenters. The van der Waals surface area contributed by atoms with Gasteiger partial charge < -0.3 is 10.4 Å². The first kappa shape index (κ1) is 14.5. The molecule has 1 saturated carbocycles. The van der Waals surface area contributed by atoms with Crippen molar-refractivity contribution in [2.45, 2.75) is 58.1 Å². The molecular formula is C17H27NO. The van der Waals surface area contributed by atoms with Crippen LogP contribution in [-0.4, -0.2) is 17.7 Å². The van der Waals surface area contributed by atoms with Gasteiger partial charge in [-0.2, -0.15) is 0 Å². The Labute approximate surface area is 117 Å². The van der Waals surface area contributed by atoms with Crippen LogP contribution in [0.15, 0.2) is 24.3 Å². The van der Waals surface area contributed by atoms with Crippen molar-refractivity contribution in [2.24, 2.45) is 5.92 Å². The lowest BCUT2D eigenvalue weighted by atomic mass is 10.00. The minimum Gasteiger partial charge on any atom is -0.387 e. The van der Waals surface area contributed by atoms with Gasteiger partial charge in [0, 0.05) is 12.6 Å². The summed E-state index contributed by atoms with van der Waals surface area (Å²) in [6, 6.07) is 9.00. The highest BCUT2D eigenvalue weighted by Crippen LogP contribution is 2.34. The summed E-state index contributed by atoms with van der Waals surface area (Å²) in [4.78, 5) is 0. The molecule has 0 aliphatic heterocycles. The Kier molecular flexibility index (Phi) is 5.00. The average molecular weight is 261 g/mol. The molecule has 1 fully saturated rings. The van der Waals surface area contributed by atoms with Crippen molar-refractivity contribution in [1.29, 1.82) is 0 Å². The molecule has 0 radical (unpaired) electrons. The van der Waals surface area contributed by atoms with E-state index in [9.17, 15) is 5.11 Å². The van der Waals surface area contributed by atoms with E-state index in [-0.39, 0.29) is 6.10 Å². The van der Waals surface area contributed by atoms with Crippen LogP contribution in [0.25, 0.3) is 0 Å². The van der Waals surface area contributed by atoms with Gasteiger partial charge in [0.15, 0.2) is 0 Å². The highest BCUT2D eigenvalue weighted by molar-refractivity contribution is 5.26. The predicted octanol–water partition coefficient (Wildman–Crippen LogP) is 3.62. The summed E-state index contributed by atoms with van der Waals surface area (Å²) >= 11 is 0.